The molecule has 1 aromatic carbocycles. The highest BCUT2D eigenvalue weighted by Gasteiger charge is 2.29. The number of urea groups is 1. The highest BCUT2D eigenvalue weighted by molar-refractivity contribution is 7.13. The Balaban J connectivity index is 1.55. The molecule has 142 valence electrons. The van der Waals surface area contributed by atoms with E-state index >= 15 is 0 Å². The summed E-state index contributed by atoms with van der Waals surface area (Å²) in [6.07, 6.45) is 1.51. The number of benzene rings is 1. The molecule has 1 fully saturated rings. The minimum Gasteiger partial charge on any atom is -0.369 e. The van der Waals surface area contributed by atoms with E-state index in [9.17, 15) is 14.4 Å². The molecule has 2 heterocycles. The number of nitrogens with two attached hydrogens (primary N) is 1. The van der Waals surface area contributed by atoms with Gasteiger partial charge in [-0.2, -0.15) is 0 Å². The number of primary amides is 1. The lowest BCUT2D eigenvalue weighted by Crippen LogP contribution is -2.45. The number of nitrogens with one attached hydrogen (secondary N) is 2. The van der Waals surface area contributed by atoms with Crippen LogP contribution in [0.25, 0.3) is 0 Å². The molecule has 4 N–H and O–H groups in total. The number of carbonyl (C=O) groups excluding carboxylic acids is 3. The van der Waals surface area contributed by atoms with E-state index in [2.05, 4.69) is 15.6 Å². The smallest absolute Gasteiger partial charge is 0.321 e. The summed E-state index contributed by atoms with van der Waals surface area (Å²) in [7, 11) is 0. The van der Waals surface area contributed by atoms with Crippen LogP contribution >= 0.6 is 11.3 Å². The molecule has 0 spiro atoms. The van der Waals surface area contributed by atoms with E-state index < -0.39 is 5.91 Å². The highest BCUT2D eigenvalue weighted by Crippen LogP contribution is 2.22. The average molecular weight is 387 g/mol. The summed E-state index contributed by atoms with van der Waals surface area (Å²) in [4.78, 5) is 41.7. The van der Waals surface area contributed by atoms with Gasteiger partial charge in [0.25, 0.3) is 0 Å². The summed E-state index contributed by atoms with van der Waals surface area (Å²) in [5.74, 6) is -0.943. The van der Waals surface area contributed by atoms with Crippen molar-refractivity contribution in [3.63, 3.8) is 0 Å². The molecule has 3 rings (SSSR count). The normalized spacial score (nSPS) is 16.6. The zero-order chi connectivity index (χ0) is 19.2. The Hall–Kier alpha value is -2.94. The van der Waals surface area contributed by atoms with Gasteiger partial charge in [0.15, 0.2) is 5.13 Å². The zero-order valence-electron chi connectivity index (χ0n) is 14.7. The van der Waals surface area contributed by atoms with Crippen LogP contribution in [0.1, 0.15) is 18.5 Å². The highest BCUT2D eigenvalue weighted by atomic mass is 32.1. The molecule has 0 bridgehead atoms. The first-order valence-electron chi connectivity index (χ1n) is 8.66. The lowest BCUT2D eigenvalue weighted by Gasteiger charge is -2.31. The maximum absolute atomic E-state index is 12.5. The molecule has 4 amide bonds. The quantitative estimate of drug-likeness (QED) is 0.728. The van der Waals surface area contributed by atoms with Crippen LogP contribution in [0.3, 0.4) is 0 Å². The molecule has 1 atom stereocenters. The Morgan fingerprint density at radius 2 is 2.00 bits per heavy atom. The number of rotatable bonds is 5. The van der Waals surface area contributed by atoms with Gasteiger partial charge in [-0.3, -0.25) is 9.59 Å². The van der Waals surface area contributed by atoms with Gasteiger partial charge in [-0.1, -0.05) is 18.2 Å². The Bertz CT molecular complexity index is 823. The predicted octanol–water partition coefficient (Wildman–Crippen LogP) is 2.05. The van der Waals surface area contributed by atoms with Crippen molar-refractivity contribution in [1.82, 2.24) is 9.88 Å². The van der Waals surface area contributed by atoms with Crippen molar-refractivity contribution in [2.75, 3.05) is 23.7 Å². The minimum absolute atomic E-state index is 0.0449. The fourth-order valence-corrected chi connectivity index (χ4v) is 3.64. The van der Waals surface area contributed by atoms with Crippen LogP contribution in [0, 0.1) is 5.92 Å². The maximum Gasteiger partial charge on any atom is 0.321 e. The van der Waals surface area contributed by atoms with Crippen LogP contribution < -0.4 is 16.4 Å². The minimum atomic E-state index is -0.467. The first-order chi connectivity index (χ1) is 13.0. The number of thiazole rings is 1. The summed E-state index contributed by atoms with van der Waals surface area (Å²) < 4.78 is 0. The molecule has 8 nitrogen and oxygen atoms in total. The van der Waals surface area contributed by atoms with Gasteiger partial charge in [0, 0.05) is 24.2 Å². The third-order valence-corrected chi connectivity index (χ3v) is 5.05. The van der Waals surface area contributed by atoms with Gasteiger partial charge in [0.2, 0.25) is 11.8 Å². The van der Waals surface area contributed by atoms with Gasteiger partial charge in [0.05, 0.1) is 18.0 Å². The van der Waals surface area contributed by atoms with Crippen molar-refractivity contribution in [2.45, 2.75) is 19.3 Å². The van der Waals surface area contributed by atoms with Crippen molar-refractivity contribution in [3.05, 3.63) is 41.4 Å². The predicted molar refractivity (Wildman–Crippen MR) is 103 cm³/mol. The van der Waals surface area contributed by atoms with E-state index in [4.69, 9.17) is 5.73 Å². The summed E-state index contributed by atoms with van der Waals surface area (Å²) in [6.45, 7) is 0.965. The van der Waals surface area contributed by atoms with Crippen LogP contribution in [-0.4, -0.2) is 40.8 Å². The zero-order valence-corrected chi connectivity index (χ0v) is 15.5. The molecule has 1 aliphatic heterocycles. The Kier molecular flexibility index (Phi) is 6.02. The maximum atomic E-state index is 12.5. The Morgan fingerprint density at radius 3 is 2.74 bits per heavy atom. The SMILES string of the molecule is NC(=O)Cc1csc(NC(=O)C2CCCN(C(=O)Nc3ccccc3)C2)n1. The van der Waals surface area contributed by atoms with Crippen LogP contribution in [0.4, 0.5) is 15.6 Å². The molecule has 0 aliphatic carbocycles. The largest absolute Gasteiger partial charge is 0.369 e. The molecule has 2 aromatic rings. The third kappa shape index (κ3) is 5.27. The monoisotopic (exact) mass is 387 g/mol. The molecule has 1 unspecified atom stereocenters. The van der Waals surface area contributed by atoms with Gasteiger partial charge in [-0.15, -0.1) is 11.3 Å². The molecule has 0 radical (unpaired) electrons. The van der Waals surface area contributed by atoms with Crippen LogP contribution in [0.2, 0.25) is 0 Å². The number of hydrogen-bond donors (Lipinski definition) is 3. The lowest BCUT2D eigenvalue weighted by molar-refractivity contribution is -0.121. The number of nitrogens with zero attached hydrogens (tertiary/aromatic N) is 2. The topological polar surface area (TPSA) is 117 Å². The molecule has 1 saturated heterocycles. The molecular formula is C18H21N5O3S. The molecule has 27 heavy (non-hydrogen) atoms. The number of carbonyl (C=O) groups is 3. The van der Waals surface area contributed by atoms with Crippen molar-refractivity contribution < 1.29 is 14.4 Å². The second-order valence-electron chi connectivity index (χ2n) is 6.36. The molecular weight excluding hydrogens is 366 g/mol. The van der Waals surface area contributed by atoms with Crippen molar-refractivity contribution in [2.24, 2.45) is 11.7 Å². The van der Waals surface area contributed by atoms with Crippen LogP contribution in [0.5, 0.6) is 0 Å². The van der Waals surface area contributed by atoms with Gasteiger partial charge < -0.3 is 21.3 Å². The first kappa shape index (κ1) is 18.8. The molecule has 0 saturated carbocycles. The summed E-state index contributed by atoms with van der Waals surface area (Å²) in [5.41, 5.74) is 6.40. The van der Waals surface area contributed by atoms with E-state index in [1.54, 1.807) is 10.3 Å². The number of aromatic nitrogens is 1. The lowest BCUT2D eigenvalue weighted by atomic mass is 9.97. The van der Waals surface area contributed by atoms with Crippen LogP contribution in [-0.2, 0) is 16.0 Å². The summed E-state index contributed by atoms with van der Waals surface area (Å²) >= 11 is 1.25. The van der Waals surface area contributed by atoms with Gasteiger partial charge in [-0.05, 0) is 25.0 Å². The van der Waals surface area contributed by atoms with Crippen molar-refractivity contribution >= 4 is 40.0 Å². The molecule has 1 aliphatic rings. The second-order valence-corrected chi connectivity index (χ2v) is 7.22. The van der Waals surface area contributed by atoms with Gasteiger partial charge in [0.1, 0.15) is 0 Å². The Labute approximate surface area is 160 Å². The second kappa shape index (κ2) is 8.63. The van der Waals surface area contributed by atoms with Gasteiger partial charge >= 0.3 is 6.03 Å². The first-order valence-corrected chi connectivity index (χ1v) is 9.54. The van der Waals surface area contributed by atoms with E-state index in [-0.39, 0.29) is 24.3 Å². The van der Waals surface area contributed by atoms with Crippen molar-refractivity contribution in [3.8, 4) is 0 Å². The number of para-hydroxylation sites is 1. The molecule has 9 heteroatoms. The van der Waals surface area contributed by atoms with E-state index in [0.717, 1.165) is 12.1 Å². The number of hydrogen-bond acceptors (Lipinski definition) is 5. The number of anilines is 2. The fraction of sp³-hybridized carbons (Fsp3) is 0.333. The average Bonchev–Trinajstić information content (AvgIpc) is 3.08. The molecule has 1 aromatic heterocycles. The fourth-order valence-electron chi connectivity index (χ4n) is 2.93. The van der Waals surface area contributed by atoms with E-state index in [1.165, 1.54) is 11.3 Å². The van der Waals surface area contributed by atoms with E-state index in [1.807, 2.05) is 30.3 Å². The number of amides is 4. The van der Waals surface area contributed by atoms with E-state index in [0.29, 0.717) is 30.3 Å². The van der Waals surface area contributed by atoms with Crippen molar-refractivity contribution in [1.29, 1.82) is 0 Å². The Morgan fingerprint density at radius 1 is 1.22 bits per heavy atom. The number of piperidine rings is 1. The van der Waals surface area contributed by atoms with Gasteiger partial charge in [-0.25, -0.2) is 9.78 Å². The number of likely N-dealkylation sites (tertiary alicyclic amines) is 1. The third-order valence-electron chi connectivity index (χ3n) is 4.24. The summed E-state index contributed by atoms with van der Waals surface area (Å²) in [5, 5.41) is 7.74. The standard InChI is InChI=1S/C18H21N5O3S/c19-15(24)9-14-11-27-17(20-14)22-16(25)12-5-4-8-23(10-12)18(26)21-13-6-2-1-3-7-13/h1-3,6-7,11-12H,4-5,8-10H2,(H2,19,24)(H,21,26)(H,20,22,25). The van der Waals surface area contributed by atoms with Crippen LogP contribution in [0.15, 0.2) is 35.7 Å². The summed E-state index contributed by atoms with van der Waals surface area (Å²) in [6, 6.07) is 9.00.